The third-order valence-corrected chi connectivity index (χ3v) is 5.48. The van der Waals surface area contributed by atoms with Crippen molar-refractivity contribution in [2.75, 3.05) is 11.6 Å². The Labute approximate surface area is 129 Å². The van der Waals surface area contributed by atoms with Crippen molar-refractivity contribution < 1.29 is 8.42 Å². The normalized spacial score (nSPS) is 23.0. The molecule has 118 valence electrons. The van der Waals surface area contributed by atoms with E-state index in [-0.39, 0.29) is 5.75 Å². The first kappa shape index (κ1) is 16.3. The second-order valence-corrected chi connectivity index (χ2v) is 8.57. The van der Waals surface area contributed by atoms with Crippen molar-refractivity contribution in [2.24, 2.45) is 5.92 Å². The van der Waals surface area contributed by atoms with Gasteiger partial charge >= 0.3 is 0 Å². The molecule has 0 aromatic heterocycles. The highest BCUT2D eigenvalue weighted by Crippen LogP contribution is 2.30. The first-order valence-corrected chi connectivity index (χ1v) is 9.98. The zero-order valence-electron chi connectivity index (χ0n) is 13.4. The van der Waals surface area contributed by atoms with Crippen molar-refractivity contribution >= 4 is 15.5 Å². The summed E-state index contributed by atoms with van der Waals surface area (Å²) in [6.07, 6.45) is 7.61. The Morgan fingerprint density at radius 1 is 1.19 bits per heavy atom. The van der Waals surface area contributed by atoms with Crippen LogP contribution in [-0.4, -0.2) is 20.7 Å². The molecule has 1 fully saturated rings. The van der Waals surface area contributed by atoms with Gasteiger partial charge in [-0.2, -0.15) is 0 Å². The number of hydrogen-bond donors (Lipinski definition) is 1. The monoisotopic (exact) mass is 309 g/mol. The molecule has 1 aromatic carbocycles. The lowest BCUT2D eigenvalue weighted by molar-refractivity contribution is 0.330. The molecular formula is C17H27NO2S. The molecule has 0 bridgehead atoms. The van der Waals surface area contributed by atoms with Crippen molar-refractivity contribution in [1.82, 2.24) is 0 Å². The standard InChI is InChI=1S/C17H27NO2S/c1-4-14-8-10-16(11-9-14)18-17-7-5-6-15(13(17)2)12-21(3,19)20/h5-7,14,16,18H,4,8-12H2,1-3H3. The molecule has 1 aliphatic carbocycles. The van der Waals surface area contributed by atoms with E-state index in [0.717, 1.165) is 22.7 Å². The molecule has 1 N–H and O–H groups in total. The minimum Gasteiger partial charge on any atom is -0.382 e. The van der Waals surface area contributed by atoms with E-state index < -0.39 is 9.84 Å². The van der Waals surface area contributed by atoms with Gasteiger partial charge in [0.15, 0.2) is 9.84 Å². The second-order valence-electron chi connectivity index (χ2n) is 6.43. The third kappa shape index (κ3) is 4.73. The predicted molar refractivity (Wildman–Crippen MR) is 89.4 cm³/mol. The Bertz CT molecular complexity index is 572. The SMILES string of the molecule is CCC1CCC(Nc2cccc(CS(C)(=O)=O)c2C)CC1. The van der Waals surface area contributed by atoms with E-state index in [4.69, 9.17) is 0 Å². The fourth-order valence-corrected chi connectivity index (χ4v) is 4.09. The van der Waals surface area contributed by atoms with Crippen LogP contribution in [0.4, 0.5) is 5.69 Å². The summed E-state index contributed by atoms with van der Waals surface area (Å²) in [5.41, 5.74) is 3.07. The van der Waals surface area contributed by atoms with Gasteiger partial charge in [0.25, 0.3) is 0 Å². The maximum atomic E-state index is 11.5. The number of anilines is 1. The molecular weight excluding hydrogens is 282 g/mol. The van der Waals surface area contributed by atoms with Crippen LogP contribution in [0.25, 0.3) is 0 Å². The fourth-order valence-electron chi connectivity index (χ4n) is 3.21. The van der Waals surface area contributed by atoms with Crippen LogP contribution < -0.4 is 5.32 Å². The van der Waals surface area contributed by atoms with Gasteiger partial charge in [-0.3, -0.25) is 0 Å². The Balaban J connectivity index is 2.06. The molecule has 1 aromatic rings. The second kappa shape index (κ2) is 6.82. The molecule has 2 rings (SSSR count). The number of sulfone groups is 1. The summed E-state index contributed by atoms with van der Waals surface area (Å²) in [4.78, 5) is 0. The minimum atomic E-state index is -2.99. The van der Waals surface area contributed by atoms with E-state index in [1.54, 1.807) is 0 Å². The van der Waals surface area contributed by atoms with E-state index in [2.05, 4.69) is 18.3 Å². The van der Waals surface area contributed by atoms with Gasteiger partial charge in [0.1, 0.15) is 0 Å². The van der Waals surface area contributed by atoms with E-state index in [0.29, 0.717) is 6.04 Å². The molecule has 4 heteroatoms. The first-order valence-electron chi connectivity index (χ1n) is 7.91. The Morgan fingerprint density at radius 2 is 1.86 bits per heavy atom. The van der Waals surface area contributed by atoms with Crippen molar-refractivity contribution in [3.63, 3.8) is 0 Å². The van der Waals surface area contributed by atoms with Crippen LogP contribution in [0.5, 0.6) is 0 Å². The Hall–Kier alpha value is -1.03. The van der Waals surface area contributed by atoms with Gasteiger partial charge in [-0.1, -0.05) is 25.5 Å². The van der Waals surface area contributed by atoms with E-state index in [1.165, 1.54) is 38.4 Å². The molecule has 0 spiro atoms. The average molecular weight is 309 g/mol. The van der Waals surface area contributed by atoms with E-state index >= 15 is 0 Å². The highest BCUT2D eigenvalue weighted by Gasteiger charge is 2.20. The van der Waals surface area contributed by atoms with Crippen molar-refractivity contribution in [1.29, 1.82) is 0 Å². The average Bonchev–Trinajstić information content (AvgIpc) is 2.43. The zero-order valence-corrected chi connectivity index (χ0v) is 14.2. The maximum Gasteiger partial charge on any atom is 0.151 e. The molecule has 0 heterocycles. The topological polar surface area (TPSA) is 46.2 Å². The summed E-state index contributed by atoms with van der Waals surface area (Å²) in [5, 5.41) is 3.63. The lowest BCUT2D eigenvalue weighted by Crippen LogP contribution is -2.26. The smallest absolute Gasteiger partial charge is 0.151 e. The highest BCUT2D eigenvalue weighted by molar-refractivity contribution is 7.89. The van der Waals surface area contributed by atoms with Gasteiger partial charge in [-0.25, -0.2) is 8.42 Å². The highest BCUT2D eigenvalue weighted by atomic mass is 32.2. The first-order chi connectivity index (χ1) is 9.89. The largest absolute Gasteiger partial charge is 0.382 e. The van der Waals surface area contributed by atoms with Gasteiger partial charge in [0.05, 0.1) is 5.75 Å². The molecule has 3 nitrogen and oxygen atoms in total. The molecule has 21 heavy (non-hydrogen) atoms. The molecule has 0 aliphatic heterocycles. The van der Waals surface area contributed by atoms with Crippen molar-refractivity contribution in [3.8, 4) is 0 Å². The number of rotatable bonds is 5. The molecule has 0 atom stereocenters. The van der Waals surface area contributed by atoms with Crippen molar-refractivity contribution in [3.05, 3.63) is 29.3 Å². The van der Waals surface area contributed by atoms with E-state index in [1.807, 2.05) is 19.1 Å². The molecule has 0 amide bonds. The van der Waals surface area contributed by atoms with Gasteiger partial charge in [-0.05, 0) is 55.7 Å². The van der Waals surface area contributed by atoms with Crippen molar-refractivity contribution in [2.45, 2.75) is 57.7 Å². The van der Waals surface area contributed by atoms with Gasteiger partial charge < -0.3 is 5.32 Å². The number of benzene rings is 1. The van der Waals surface area contributed by atoms with Crippen LogP contribution in [-0.2, 0) is 15.6 Å². The Kier molecular flexibility index (Phi) is 5.31. The third-order valence-electron chi connectivity index (χ3n) is 4.65. The van der Waals surface area contributed by atoms with E-state index in [9.17, 15) is 8.42 Å². The predicted octanol–water partition coefficient (Wildman–Crippen LogP) is 3.92. The molecule has 0 unspecified atom stereocenters. The lowest BCUT2D eigenvalue weighted by Gasteiger charge is -2.30. The summed E-state index contributed by atoms with van der Waals surface area (Å²) in [6, 6.07) is 6.45. The summed E-state index contributed by atoms with van der Waals surface area (Å²) in [5.74, 6) is 1.01. The summed E-state index contributed by atoms with van der Waals surface area (Å²) in [7, 11) is -2.99. The van der Waals surface area contributed by atoms with Gasteiger partial charge in [0, 0.05) is 18.0 Å². The zero-order chi connectivity index (χ0) is 15.5. The van der Waals surface area contributed by atoms with Gasteiger partial charge in [0.2, 0.25) is 0 Å². The summed E-state index contributed by atoms with van der Waals surface area (Å²) in [6.45, 7) is 4.29. The van der Waals surface area contributed by atoms with Crippen LogP contribution in [0.1, 0.15) is 50.2 Å². The molecule has 1 saturated carbocycles. The van der Waals surface area contributed by atoms with Crippen LogP contribution in [0.2, 0.25) is 0 Å². The Morgan fingerprint density at radius 3 is 2.43 bits per heavy atom. The van der Waals surface area contributed by atoms with Crippen LogP contribution >= 0.6 is 0 Å². The number of hydrogen-bond acceptors (Lipinski definition) is 3. The quantitative estimate of drug-likeness (QED) is 0.896. The molecule has 0 saturated heterocycles. The summed E-state index contributed by atoms with van der Waals surface area (Å²) < 4.78 is 23.0. The maximum absolute atomic E-state index is 11.5. The van der Waals surface area contributed by atoms with Crippen LogP contribution in [0, 0.1) is 12.8 Å². The van der Waals surface area contributed by atoms with Crippen LogP contribution in [0.15, 0.2) is 18.2 Å². The van der Waals surface area contributed by atoms with Crippen LogP contribution in [0.3, 0.4) is 0 Å². The fraction of sp³-hybridized carbons (Fsp3) is 0.647. The molecule has 0 radical (unpaired) electrons. The summed E-state index contributed by atoms with van der Waals surface area (Å²) >= 11 is 0. The minimum absolute atomic E-state index is 0.122. The lowest BCUT2D eigenvalue weighted by atomic mass is 9.84. The van der Waals surface area contributed by atoms with Gasteiger partial charge in [-0.15, -0.1) is 0 Å². The molecule has 1 aliphatic rings. The number of nitrogens with one attached hydrogen (secondary N) is 1.